The van der Waals surface area contributed by atoms with E-state index in [-0.39, 0.29) is 5.70 Å². The van der Waals surface area contributed by atoms with Crippen molar-refractivity contribution >= 4 is 33.9 Å². The lowest BCUT2D eigenvalue weighted by Crippen LogP contribution is -2.05. The van der Waals surface area contributed by atoms with Gasteiger partial charge in [-0.15, -0.1) is 0 Å². The van der Waals surface area contributed by atoms with E-state index in [0.29, 0.717) is 5.90 Å². The number of esters is 1. The molecule has 2 aromatic rings. The van der Waals surface area contributed by atoms with Crippen LogP contribution < -0.4 is 0 Å². The fourth-order valence-electron chi connectivity index (χ4n) is 1.78. The number of ether oxygens (including phenoxy) is 1. The molecule has 0 unspecified atom stereocenters. The Labute approximate surface area is 124 Å². The fraction of sp³-hybridized carbons (Fsp3) is 0. The lowest BCUT2D eigenvalue weighted by Gasteiger charge is -2.01. The number of hydrogen-bond acceptors (Lipinski definition) is 4. The molecule has 0 saturated carbocycles. The Morgan fingerprint density at radius 1 is 1.10 bits per heavy atom. The first-order valence-electron chi connectivity index (χ1n) is 5.91. The van der Waals surface area contributed by atoms with Gasteiger partial charge in [0.1, 0.15) is 0 Å². The van der Waals surface area contributed by atoms with E-state index < -0.39 is 5.97 Å². The molecule has 0 radical (unpaired) electrons. The second kappa shape index (κ2) is 5.38. The van der Waals surface area contributed by atoms with Gasteiger partial charge in [0, 0.05) is 16.9 Å². The summed E-state index contributed by atoms with van der Waals surface area (Å²) in [6, 6.07) is 11.1. The topological polar surface area (TPSA) is 51.5 Å². The normalized spacial score (nSPS) is 16.1. The van der Waals surface area contributed by atoms with Crippen LogP contribution in [0.3, 0.4) is 0 Å². The van der Waals surface area contributed by atoms with Crippen molar-refractivity contribution in [3.63, 3.8) is 0 Å². The molecule has 0 spiro atoms. The van der Waals surface area contributed by atoms with Crippen molar-refractivity contribution in [2.45, 2.75) is 0 Å². The second-order valence-electron chi connectivity index (χ2n) is 4.10. The van der Waals surface area contributed by atoms with Gasteiger partial charge in [0.2, 0.25) is 5.90 Å². The molecule has 20 heavy (non-hydrogen) atoms. The third kappa shape index (κ3) is 2.53. The van der Waals surface area contributed by atoms with Gasteiger partial charge in [-0.2, -0.15) is 0 Å². The molecule has 2 heterocycles. The number of carbonyl (C=O) groups is 1. The minimum Gasteiger partial charge on any atom is -0.402 e. The van der Waals surface area contributed by atoms with Crippen molar-refractivity contribution < 1.29 is 9.53 Å². The predicted octanol–water partition coefficient (Wildman–Crippen LogP) is 3.19. The van der Waals surface area contributed by atoms with E-state index >= 15 is 0 Å². The monoisotopic (exact) mass is 328 g/mol. The first-order valence-corrected chi connectivity index (χ1v) is 6.71. The smallest absolute Gasteiger partial charge is 0.363 e. The highest BCUT2D eigenvalue weighted by molar-refractivity contribution is 9.10. The number of aromatic nitrogens is 1. The average Bonchev–Trinajstić information content (AvgIpc) is 2.81. The van der Waals surface area contributed by atoms with E-state index in [1.165, 1.54) is 0 Å². The van der Waals surface area contributed by atoms with Crippen LogP contribution in [-0.2, 0) is 9.53 Å². The van der Waals surface area contributed by atoms with E-state index in [2.05, 4.69) is 25.9 Å². The molecule has 0 aliphatic carbocycles. The highest BCUT2D eigenvalue weighted by Gasteiger charge is 2.25. The molecule has 98 valence electrons. The van der Waals surface area contributed by atoms with E-state index in [1.54, 1.807) is 30.6 Å². The van der Waals surface area contributed by atoms with E-state index in [0.717, 1.165) is 15.6 Å². The molecular formula is C15H9BrN2O2. The van der Waals surface area contributed by atoms with E-state index in [4.69, 9.17) is 4.74 Å². The van der Waals surface area contributed by atoms with Gasteiger partial charge in [-0.3, -0.25) is 4.98 Å². The largest absolute Gasteiger partial charge is 0.402 e. The summed E-state index contributed by atoms with van der Waals surface area (Å²) >= 11 is 3.41. The van der Waals surface area contributed by atoms with Gasteiger partial charge in [0.25, 0.3) is 0 Å². The molecule has 0 amide bonds. The van der Waals surface area contributed by atoms with Gasteiger partial charge >= 0.3 is 5.97 Å². The number of aliphatic imine (C=N–C) groups is 1. The summed E-state index contributed by atoms with van der Waals surface area (Å²) in [5.74, 6) is -0.143. The van der Waals surface area contributed by atoms with Crippen LogP contribution in [0.5, 0.6) is 0 Å². The molecule has 1 aromatic heterocycles. The highest BCUT2D eigenvalue weighted by atomic mass is 79.9. The molecule has 1 aromatic carbocycles. The average molecular weight is 329 g/mol. The molecule has 0 bridgehead atoms. The predicted molar refractivity (Wildman–Crippen MR) is 79.0 cm³/mol. The molecule has 0 atom stereocenters. The molecule has 5 heteroatoms. The van der Waals surface area contributed by atoms with Crippen LogP contribution in [0.1, 0.15) is 11.1 Å². The van der Waals surface area contributed by atoms with Crippen LogP contribution in [0.4, 0.5) is 0 Å². The van der Waals surface area contributed by atoms with Gasteiger partial charge in [-0.25, -0.2) is 9.79 Å². The summed E-state index contributed by atoms with van der Waals surface area (Å²) in [7, 11) is 0. The minimum absolute atomic E-state index is 0.280. The Hall–Kier alpha value is -2.27. The highest BCUT2D eigenvalue weighted by Crippen LogP contribution is 2.23. The van der Waals surface area contributed by atoms with Gasteiger partial charge in [0.15, 0.2) is 5.70 Å². The van der Waals surface area contributed by atoms with Gasteiger partial charge in [-0.1, -0.05) is 12.1 Å². The number of rotatable bonds is 2. The summed E-state index contributed by atoms with van der Waals surface area (Å²) in [4.78, 5) is 20.0. The maximum atomic E-state index is 11.8. The van der Waals surface area contributed by atoms with Crippen LogP contribution in [0, 0.1) is 0 Å². The number of carbonyl (C=O) groups excluding carboxylic acids is 1. The summed E-state index contributed by atoms with van der Waals surface area (Å²) in [5.41, 5.74) is 1.88. The zero-order valence-corrected chi connectivity index (χ0v) is 11.9. The Bertz CT molecular complexity index is 724. The fourth-order valence-corrected chi connectivity index (χ4v) is 2.23. The summed E-state index contributed by atoms with van der Waals surface area (Å²) in [5, 5.41) is 0. The van der Waals surface area contributed by atoms with Crippen molar-refractivity contribution in [1.82, 2.24) is 4.98 Å². The number of nitrogens with zero attached hydrogens (tertiary/aromatic N) is 2. The number of benzene rings is 1. The third-order valence-electron chi connectivity index (χ3n) is 2.73. The van der Waals surface area contributed by atoms with E-state index in [9.17, 15) is 4.79 Å². The van der Waals surface area contributed by atoms with Crippen LogP contribution in [0.15, 0.2) is 64.0 Å². The van der Waals surface area contributed by atoms with Gasteiger partial charge < -0.3 is 4.74 Å². The van der Waals surface area contributed by atoms with Gasteiger partial charge in [-0.05, 0) is 51.8 Å². The molecule has 4 nitrogen and oxygen atoms in total. The zero-order chi connectivity index (χ0) is 13.9. The lowest BCUT2D eigenvalue weighted by molar-refractivity contribution is -0.129. The number of cyclic esters (lactones) is 1. The Morgan fingerprint density at radius 3 is 2.60 bits per heavy atom. The summed E-state index contributed by atoms with van der Waals surface area (Å²) in [6.07, 6.45) is 4.99. The number of pyridine rings is 1. The molecule has 0 fully saturated rings. The summed E-state index contributed by atoms with van der Waals surface area (Å²) in [6.45, 7) is 0. The van der Waals surface area contributed by atoms with E-state index in [1.807, 2.05) is 24.3 Å². The molecular weight excluding hydrogens is 320 g/mol. The first kappa shape index (κ1) is 12.7. The van der Waals surface area contributed by atoms with Crippen molar-refractivity contribution in [3.05, 3.63) is 70.1 Å². The quantitative estimate of drug-likeness (QED) is 0.628. The van der Waals surface area contributed by atoms with Crippen LogP contribution in [0.2, 0.25) is 0 Å². The Kier molecular flexibility index (Phi) is 3.43. The standard InChI is InChI=1S/C15H9BrN2O2/c16-12-4-2-1-3-11(12)14-18-13(15(19)20-14)9-10-5-7-17-8-6-10/h1-9H/b13-9-. The van der Waals surface area contributed by atoms with Gasteiger partial charge in [0.05, 0.1) is 5.56 Å². The van der Waals surface area contributed by atoms with Crippen molar-refractivity contribution in [2.75, 3.05) is 0 Å². The number of halogens is 1. The van der Waals surface area contributed by atoms with Crippen LogP contribution in [-0.4, -0.2) is 16.9 Å². The number of hydrogen-bond donors (Lipinski definition) is 0. The third-order valence-corrected chi connectivity index (χ3v) is 3.43. The second-order valence-corrected chi connectivity index (χ2v) is 4.95. The maximum Gasteiger partial charge on any atom is 0.363 e. The molecule has 0 N–H and O–H groups in total. The van der Waals surface area contributed by atoms with Crippen molar-refractivity contribution in [1.29, 1.82) is 0 Å². The van der Waals surface area contributed by atoms with Crippen LogP contribution in [0.25, 0.3) is 6.08 Å². The first-order chi connectivity index (χ1) is 9.74. The van der Waals surface area contributed by atoms with Crippen molar-refractivity contribution in [2.24, 2.45) is 4.99 Å². The SMILES string of the molecule is O=C1OC(c2ccccc2Br)=N/C1=C\c1ccncc1. The minimum atomic E-state index is -0.451. The maximum absolute atomic E-state index is 11.8. The molecule has 0 saturated heterocycles. The Morgan fingerprint density at radius 2 is 1.85 bits per heavy atom. The summed E-state index contributed by atoms with van der Waals surface area (Å²) < 4.78 is 6.04. The Balaban J connectivity index is 1.98. The lowest BCUT2D eigenvalue weighted by atomic mass is 10.2. The molecule has 3 rings (SSSR count). The molecule has 1 aliphatic rings. The zero-order valence-electron chi connectivity index (χ0n) is 10.3. The van der Waals surface area contributed by atoms with Crippen LogP contribution >= 0.6 is 15.9 Å². The molecule has 1 aliphatic heterocycles. The van der Waals surface area contributed by atoms with Crippen molar-refractivity contribution in [3.8, 4) is 0 Å².